The van der Waals surface area contributed by atoms with Crippen LogP contribution in [0.5, 0.6) is 0 Å². The molecule has 1 N–H and O–H groups in total. The van der Waals surface area contributed by atoms with E-state index in [0.717, 1.165) is 4.88 Å². The highest BCUT2D eigenvalue weighted by atomic mass is 32.1. The molecular weight excluding hydrogens is 276 g/mol. The van der Waals surface area contributed by atoms with E-state index in [2.05, 4.69) is 5.32 Å². The number of ether oxygens (including phenoxy) is 1. The molecular formula is C14H20N2O3S. The van der Waals surface area contributed by atoms with E-state index in [1.54, 1.807) is 23.3 Å². The Morgan fingerprint density at radius 3 is 3.10 bits per heavy atom. The van der Waals surface area contributed by atoms with Gasteiger partial charge in [-0.25, -0.2) is 0 Å². The van der Waals surface area contributed by atoms with Crippen molar-refractivity contribution in [1.82, 2.24) is 10.2 Å². The number of nitrogens with one attached hydrogen (secondary N) is 1. The van der Waals surface area contributed by atoms with Crippen LogP contribution >= 0.6 is 11.3 Å². The molecule has 0 radical (unpaired) electrons. The van der Waals surface area contributed by atoms with Crippen molar-refractivity contribution in [2.75, 3.05) is 26.8 Å². The van der Waals surface area contributed by atoms with Crippen LogP contribution in [0, 0.1) is 5.92 Å². The lowest BCUT2D eigenvalue weighted by Gasteiger charge is -2.17. The van der Waals surface area contributed by atoms with Gasteiger partial charge in [0.15, 0.2) is 0 Å². The van der Waals surface area contributed by atoms with Gasteiger partial charge < -0.3 is 15.0 Å². The van der Waals surface area contributed by atoms with Crippen LogP contribution in [0.4, 0.5) is 0 Å². The van der Waals surface area contributed by atoms with E-state index in [0.29, 0.717) is 26.1 Å². The zero-order valence-corrected chi connectivity index (χ0v) is 12.6. The maximum absolute atomic E-state index is 12.2. The first-order valence-corrected chi connectivity index (χ1v) is 7.60. The maximum Gasteiger partial charge on any atom is 0.225 e. The molecule has 1 aliphatic heterocycles. The number of methoxy groups -OCH3 is 1. The van der Waals surface area contributed by atoms with Gasteiger partial charge in [-0.2, -0.15) is 0 Å². The van der Waals surface area contributed by atoms with Gasteiger partial charge in [0.2, 0.25) is 11.8 Å². The van der Waals surface area contributed by atoms with E-state index >= 15 is 0 Å². The van der Waals surface area contributed by atoms with Gasteiger partial charge >= 0.3 is 0 Å². The van der Waals surface area contributed by atoms with Crippen molar-refractivity contribution in [3.05, 3.63) is 22.4 Å². The summed E-state index contributed by atoms with van der Waals surface area (Å²) >= 11 is 1.62. The predicted molar refractivity (Wildman–Crippen MR) is 77.4 cm³/mol. The fraction of sp³-hybridized carbons (Fsp3) is 0.571. The second kappa shape index (κ2) is 6.85. The molecule has 1 aromatic heterocycles. The Hall–Kier alpha value is -1.40. The Morgan fingerprint density at radius 2 is 2.45 bits per heavy atom. The monoisotopic (exact) mass is 296 g/mol. The second-order valence-electron chi connectivity index (χ2n) is 4.98. The summed E-state index contributed by atoms with van der Waals surface area (Å²) in [6.45, 7) is 3.51. The van der Waals surface area contributed by atoms with E-state index in [-0.39, 0.29) is 23.8 Å². The Balaban J connectivity index is 1.86. The summed E-state index contributed by atoms with van der Waals surface area (Å²) in [4.78, 5) is 26.8. The van der Waals surface area contributed by atoms with Crippen molar-refractivity contribution in [2.24, 2.45) is 5.92 Å². The average molecular weight is 296 g/mol. The van der Waals surface area contributed by atoms with Gasteiger partial charge in [-0.15, -0.1) is 11.3 Å². The van der Waals surface area contributed by atoms with Crippen LogP contribution < -0.4 is 5.32 Å². The van der Waals surface area contributed by atoms with Crippen LogP contribution in [0.1, 0.15) is 24.3 Å². The average Bonchev–Trinajstić information content (AvgIpc) is 3.06. The molecule has 20 heavy (non-hydrogen) atoms. The number of carbonyl (C=O) groups excluding carboxylic acids is 2. The summed E-state index contributed by atoms with van der Waals surface area (Å²) in [5.41, 5.74) is 0. The molecule has 2 heterocycles. The first kappa shape index (κ1) is 15.0. The first-order chi connectivity index (χ1) is 9.61. The van der Waals surface area contributed by atoms with Gasteiger partial charge in [0, 0.05) is 31.5 Å². The van der Waals surface area contributed by atoms with E-state index in [1.807, 2.05) is 24.4 Å². The predicted octanol–water partition coefficient (Wildman–Crippen LogP) is 1.42. The SMILES string of the molecule is COCCN1C[C@@H](C(=O)N[C@H](C)c2cccs2)CC1=O. The third-order valence-corrected chi connectivity index (χ3v) is 4.53. The molecule has 0 spiro atoms. The highest BCUT2D eigenvalue weighted by Gasteiger charge is 2.34. The lowest BCUT2D eigenvalue weighted by molar-refractivity contribution is -0.129. The minimum absolute atomic E-state index is 0.00868. The van der Waals surface area contributed by atoms with E-state index in [9.17, 15) is 9.59 Å². The summed E-state index contributed by atoms with van der Waals surface area (Å²) in [7, 11) is 1.60. The van der Waals surface area contributed by atoms with Gasteiger partial charge in [0.25, 0.3) is 0 Å². The highest BCUT2D eigenvalue weighted by molar-refractivity contribution is 7.10. The topological polar surface area (TPSA) is 58.6 Å². The molecule has 0 unspecified atom stereocenters. The quantitative estimate of drug-likeness (QED) is 0.864. The first-order valence-electron chi connectivity index (χ1n) is 6.72. The molecule has 0 saturated carbocycles. The van der Waals surface area contributed by atoms with Crippen molar-refractivity contribution in [3.63, 3.8) is 0 Å². The number of likely N-dealkylation sites (tertiary alicyclic amines) is 1. The molecule has 110 valence electrons. The summed E-state index contributed by atoms with van der Waals surface area (Å²) in [6, 6.07) is 3.96. The highest BCUT2D eigenvalue weighted by Crippen LogP contribution is 2.21. The lowest BCUT2D eigenvalue weighted by Crippen LogP contribution is -2.35. The minimum Gasteiger partial charge on any atom is -0.383 e. The van der Waals surface area contributed by atoms with Crippen LogP contribution in [0.15, 0.2) is 17.5 Å². The van der Waals surface area contributed by atoms with Crippen molar-refractivity contribution < 1.29 is 14.3 Å². The smallest absolute Gasteiger partial charge is 0.225 e. The van der Waals surface area contributed by atoms with Crippen LogP contribution in [0.25, 0.3) is 0 Å². The molecule has 0 bridgehead atoms. The largest absolute Gasteiger partial charge is 0.383 e. The normalized spacial score (nSPS) is 20.2. The number of hydrogen-bond acceptors (Lipinski definition) is 4. The molecule has 5 nitrogen and oxygen atoms in total. The fourth-order valence-corrected chi connectivity index (χ4v) is 3.04. The lowest BCUT2D eigenvalue weighted by atomic mass is 10.1. The fourth-order valence-electron chi connectivity index (χ4n) is 2.31. The van der Waals surface area contributed by atoms with Crippen LogP contribution in [0.2, 0.25) is 0 Å². The Labute approximate surface area is 122 Å². The van der Waals surface area contributed by atoms with Crippen LogP contribution in [-0.2, 0) is 14.3 Å². The third kappa shape index (κ3) is 3.58. The summed E-state index contributed by atoms with van der Waals surface area (Å²) in [5, 5.41) is 4.97. The van der Waals surface area contributed by atoms with Crippen molar-refractivity contribution in [3.8, 4) is 0 Å². The van der Waals surface area contributed by atoms with Crippen molar-refractivity contribution in [2.45, 2.75) is 19.4 Å². The van der Waals surface area contributed by atoms with Gasteiger partial charge in [-0.3, -0.25) is 9.59 Å². The molecule has 0 aromatic carbocycles. The Morgan fingerprint density at radius 1 is 1.65 bits per heavy atom. The summed E-state index contributed by atoms with van der Waals surface area (Å²) < 4.78 is 4.97. The number of hydrogen-bond donors (Lipinski definition) is 1. The number of carbonyl (C=O) groups is 2. The molecule has 2 atom stereocenters. The molecule has 1 saturated heterocycles. The molecule has 1 aromatic rings. The van der Waals surface area contributed by atoms with Crippen LogP contribution in [-0.4, -0.2) is 43.5 Å². The zero-order chi connectivity index (χ0) is 14.5. The number of nitrogens with zero attached hydrogens (tertiary/aromatic N) is 1. The third-order valence-electron chi connectivity index (χ3n) is 3.48. The number of amides is 2. The molecule has 2 amide bonds. The molecule has 6 heteroatoms. The summed E-state index contributed by atoms with van der Waals surface area (Å²) in [6.07, 6.45) is 0.298. The van der Waals surface area contributed by atoms with E-state index in [4.69, 9.17) is 4.74 Å². The zero-order valence-electron chi connectivity index (χ0n) is 11.8. The maximum atomic E-state index is 12.2. The van der Waals surface area contributed by atoms with Crippen molar-refractivity contribution in [1.29, 1.82) is 0 Å². The molecule has 1 aliphatic rings. The van der Waals surface area contributed by atoms with Crippen LogP contribution in [0.3, 0.4) is 0 Å². The second-order valence-corrected chi connectivity index (χ2v) is 5.96. The minimum atomic E-state index is -0.248. The van der Waals surface area contributed by atoms with Gasteiger partial charge in [0.05, 0.1) is 18.6 Å². The Kier molecular flexibility index (Phi) is 5.14. The number of thiophene rings is 1. The standard InChI is InChI=1S/C14H20N2O3S/c1-10(12-4-3-7-20-12)15-14(18)11-8-13(17)16(9-11)5-6-19-2/h3-4,7,10-11H,5-6,8-9H2,1-2H3,(H,15,18)/t10-,11+/m1/s1. The van der Waals surface area contributed by atoms with E-state index < -0.39 is 0 Å². The molecule has 2 rings (SSSR count). The van der Waals surface area contributed by atoms with Gasteiger partial charge in [0.1, 0.15) is 0 Å². The molecule has 1 fully saturated rings. The van der Waals surface area contributed by atoms with Gasteiger partial charge in [-0.05, 0) is 18.4 Å². The van der Waals surface area contributed by atoms with Crippen molar-refractivity contribution >= 4 is 23.2 Å². The van der Waals surface area contributed by atoms with Gasteiger partial charge in [-0.1, -0.05) is 6.07 Å². The Bertz CT molecular complexity index is 461. The summed E-state index contributed by atoms with van der Waals surface area (Å²) in [5.74, 6) is -0.257. The van der Waals surface area contributed by atoms with E-state index in [1.165, 1.54) is 0 Å². The number of rotatable bonds is 6. The molecule has 0 aliphatic carbocycles.